The first kappa shape index (κ1) is 15.9. The number of non-ortho nitro benzene ring substituents is 1. The van der Waals surface area contributed by atoms with Crippen LogP contribution in [0.1, 0.15) is 11.1 Å². The molecule has 1 aliphatic rings. The average molecular weight is 389 g/mol. The Hall–Kier alpha value is -3.00. The molecule has 0 radical (unpaired) electrons. The number of carbonyl (C=O) groups is 1. The normalized spacial score (nSPS) is 15.3. The number of phenolic OH excluding ortho intramolecular Hbond substituents is 1. The van der Waals surface area contributed by atoms with Crippen molar-refractivity contribution in [2.75, 3.05) is 0 Å². The fraction of sp³-hybridized carbons (Fsp3) is 0. The van der Waals surface area contributed by atoms with Gasteiger partial charge in [-0.15, -0.1) is 0 Å². The number of benzene rings is 2. The first-order chi connectivity index (χ1) is 11.4. The largest absolute Gasteiger partial charge is 0.507 e. The van der Waals surface area contributed by atoms with Gasteiger partial charge >= 0.3 is 5.97 Å². The van der Waals surface area contributed by atoms with Crippen molar-refractivity contribution >= 4 is 39.6 Å². The van der Waals surface area contributed by atoms with Gasteiger partial charge in [-0.05, 0) is 36.4 Å². The molecule has 2 aromatic rings. The summed E-state index contributed by atoms with van der Waals surface area (Å²) in [6.07, 6.45) is 1.25. The van der Waals surface area contributed by atoms with Crippen LogP contribution >= 0.6 is 15.9 Å². The number of aliphatic imine (C=N–C) groups is 1. The van der Waals surface area contributed by atoms with E-state index in [9.17, 15) is 20.0 Å². The second-order valence-corrected chi connectivity index (χ2v) is 5.76. The second kappa shape index (κ2) is 6.25. The number of aromatic hydroxyl groups is 1. The highest BCUT2D eigenvalue weighted by molar-refractivity contribution is 9.10. The standard InChI is InChI=1S/C16H9BrN2O5/c17-11-3-1-9(2-4-11)15-18-13(16(21)24-15)8-10-7-12(19(22)23)5-6-14(10)20/h1-8,20H. The summed E-state index contributed by atoms with van der Waals surface area (Å²) in [4.78, 5) is 26.2. The fourth-order valence-electron chi connectivity index (χ4n) is 2.04. The third-order valence-electron chi connectivity index (χ3n) is 3.23. The molecule has 1 aliphatic heterocycles. The zero-order valence-electron chi connectivity index (χ0n) is 12.0. The van der Waals surface area contributed by atoms with E-state index in [0.29, 0.717) is 5.56 Å². The van der Waals surface area contributed by atoms with E-state index in [1.165, 1.54) is 18.2 Å². The lowest BCUT2D eigenvalue weighted by atomic mass is 10.1. The van der Waals surface area contributed by atoms with Crippen LogP contribution in [0.5, 0.6) is 5.75 Å². The van der Waals surface area contributed by atoms with Gasteiger partial charge in [0, 0.05) is 27.7 Å². The van der Waals surface area contributed by atoms with Crippen molar-refractivity contribution < 1.29 is 19.6 Å². The summed E-state index contributed by atoms with van der Waals surface area (Å²) in [5.74, 6) is -0.768. The molecule has 0 spiro atoms. The van der Waals surface area contributed by atoms with Gasteiger partial charge in [0.15, 0.2) is 5.70 Å². The summed E-state index contributed by atoms with van der Waals surface area (Å²) in [7, 11) is 0. The SMILES string of the molecule is O=C1OC(c2ccc(Br)cc2)=NC1=Cc1cc([N+](=O)[O-])ccc1O. The number of nitrogens with zero attached hydrogens (tertiary/aromatic N) is 2. The molecule has 8 heteroatoms. The maximum Gasteiger partial charge on any atom is 0.363 e. The molecule has 0 atom stereocenters. The number of hydrogen-bond donors (Lipinski definition) is 1. The predicted octanol–water partition coefficient (Wildman–Crippen LogP) is 3.41. The Labute approximate surface area is 144 Å². The van der Waals surface area contributed by atoms with E-state index in [1.54, 1.807) is 24.3 Å². The zero-order valence-corrected chi connectivity index (χ0v) is 13.6. The van der Waals surface area contributed by atoms with Gasteiger partial charge in [0.05, 0.1) is 4.92 Å². The fourth-order valence-corrected chi connectivity index (χ4v) is 2.31. The van der Waals surface area contributed by atoms with Crippen molar-refractivity contribution in [3.8, 4) is 5.75 Å². The number of carbonyl (C=O) groups excluding carboxylic acids is 1. The third-order valence-corrected chi connectivity index (χ3v) is 3.75. The van der Waals surface area contributed by atoms with Crippen molar-refractivity contribution in [2.45, 2.75) is 0 Å². The molecule has 0 unspecified atom stereocenters. The van der Waals surface area contributed by atoms with Gasteiger partial charge in [0.2, 0.25) is 5.90 Å². The molecule has 0 saturated carbocycles. The molecule has 1 heterocycles. The summed E-state index contributed by atoms with van der Waals surface area (Å²) < 4.78 is 5.97. The molecule has 0 amide bonds. The molecule has 24 heavy (non-hydrogen) atoms. The quantitative estimate of drug-likeness (QED) is 0.375. The second-order valence-electron chi connectivity index (χ2n) is 4.84. The van der Waals surface area contributed by atoms with Crippen LogP contribution in [0.4, 0.5) is 5.69 Å². The first-order valence-corrected chi connectivity index (χ1v) is 7.49. The minimum Gasteiger partial charge on any atom is -0.507 e. The number of esters is 1. The number of halogens is 1. The molecule has 0 fully saturated rings. The minimum absolute atomic E-state index is 0.0521. The molecule has 1 N–H and O–H groups in total. The molecule has 0 aliphatic carbocycles. The van der Waals surface area contributed by atoms with Crippen LogP contribution in [0.3, 0.4) is 0 Å². The lowest BCUT2D eigenvalue weighted by Gasteiger charge is -1.99. The monoisotopic (exact) mass is 388 g/mol. The van der Waals surface area contributed by atoms with Crippen molar-refractivity contribution in [3.63, 3.8) is 0 Å². The van der Waals surface area contributed by atoms with Crippen LogP contribution in [-0.4, -0.2) is 21.9 Å². The van der Waals surface area contributed by atoms with E-state index in [0.717, 1.165) is 10.5 Å². The number of nitro groups is 1. The Bertz CT molecular complexity index is 903. The van der Waals surface area contributed by atoms with E-state index in [2.05, 4.69) is 20.9 Å². The smallest absolute Gasteiger partial charge is 0.363 e. The molecule has 120 valence electrons. The van der Waals surface area contributed by atoms with Crippen molar-refractivity contribution in [2.24, 2.45) is 4.99 Å². The van der Waals surface area contributed by atoms with Crippen molar-refractivity contribution in [3.05, 3.63) is 73.9 Å². The number of cyclic esters (lactones) is 1. The van der Waals surface area contributed by atoms with E-state index < -0.39 is 10.9 Å². The third kappa shape index (κ3) is 3.18. The number of ether oxygens (including phenoxy) is 1. The van der Waals surface area contributed by atoms with Gasteiger partial charge < -0.3 is 9.84 Å². The summed E-state index contributed by atoms with van der Waals surface area (Å²) in [6, 6.07) is 10.5. The van der Waals surface area contributed by atoms with E-state index >= 15 is 0 Å². The summed E-state index contributed by atoms with van der Waals surface area (Å²) >= 11 is 3.31. The maximum atomic E-state index is 11.9. The molecule has 7 nitrogen and oxygen atoms in total. The van der Waals surface area contributed by atoms with Gasteiger partial charge in [-0.3, -0.25) is 10.1 Å². The van der Waals surface area contributed by atoms with Gasteiger partial charge in [-0.2, -0.15) is 0 Å². The van der Waals surface area contributed by atoms with Crippen LogP contribution in [0.25, 0.3) is 6.08 Å². The Morgan fingerprint density at radius 1 is 1.21 bits per heavy atom. The zero-order chi connectivity index (χ0) is 17.3. The van der Waals surface area contributed by atoms with Crippen LogP contribution in [0, 0.1) is 10.1 Å². The lowest BCUT2D eigenvalue weighted by Crippen LogP contribution is -2.05. The lowest BCUT2D eigenvalue weighted by molar-refractivity contribution is -0.384. The molecule has 3 rings (SSSR count). The first-order valence-electron chi connectivity index (χ1n) is 6.70. The number of hydrogen-bond acceptors (Lipinski definition) is 6. The predicted molar refractivity (Wildman–Crippen MR) is 89.5 cm³/mol. The van der Waals surface area contributed by atoms with Crippen LogP contribution in [0.2, 0.25) is 0 Å². The Morgan fingerprint density at radius 2 is 1.92 bits per heavy atom. The highest BCUT2D eigenvalue weighted by Crippen LogP contribution is 2.27. The van der Waals surface area contributed by atoms with E-state index in [-0.39, 0.29) is 28.6 Å². The average Bonchev–Trinajstić information content (AvgIpc) is 2.91. The van der Waals surface area contributed by atoms with Crippen LogP contribution < -0.4 is 0 Å². The van der Waals surface area contributed by atoms with Crippen LogP contribution in [-0.2, 0) is 9.53 Å². The van der Waals surface area contributed by atoms with Gasteiger partial charge in [0.1, 0.15) is 5.75 Å². The molecule has 0 saturated heterocycles. The van der Waals surface area contributed by atoms with Crippen molar-refractivity contribution in [1.82, 2.24) is 0 Å². The highest BCUT2D eigenvalue weighted by Gasteiger charge is 2.24. The number of nitro benzene ring substituents is 1. The molecular formula is C16H9BrN2O5. The van der Waals surface area contributed by atoms with E-state index in [1.807, 2.05) is 0 Å². The Morgan fingerprint density at radius 3 is 2.58 bits per heavy atom. The van der Waals surface area contributed by atoms with Crippen molar-refractivity contribution in [1.29, 1.82) is 0 Å². The number of phenols is 1. The van der Waals surface area contributed by atoms with Crippen LogP contribution in [0.15, 0.2) is 57.6 Å². The van der Waals surface area contributed by atoms with Gasteiger partial charge in [0.25, 0.3) is 5.69 Å². The summed E-state index contributed by atoms with van der Waals surface area (Å²) in [5.41, 5.74) is 0.460. The highest BCUT2D eigenvalue weighted by atomic mass is 79.9. The molecule has 0 bridgehead atoms. The summed E-state index contributed by atoms with van der Waals surface area (Å²) in [5, 5.41) is 20.6. The maximum absolute atomic E-state index is 11.9. The number of rotatable bonds is 3. The van der Waals surface area contributed by atoms with Gasteiger partial charge in [-0.1, -0.05) is 15.9 Å². The topological polar surface area (TPSA) is 102 Å². The molecular weight excluding hydrogens is 380 g/mol. The summed E-state index contributed by atoms with van der Waals surface area (Å²) in [6.45, 7) is 0. The van der Waals surface area contributed by atoms with Gasteiger partial charge in [-0.25, -0.2) is 9.79 Å². The molecule has 0 aromatic heterocycles. The molecule has 2 aromatic carbocycles. The Balaban J connectivity index is 1.98. The Kier molecular flexibility index (Phi) is 4.13. The van der Waals surface area contributed by atoms with E-state index in [4.69, 9.17) is 4.74 Å². The minimum atomic E-state index is -0.696.